The van der Waals surface area contributed by atoms with Crippen LogP contribution in [0.15, 0.2) is 54.6 Å². The first-order valence-electron chi connectivity index (χ1n) is 10.0. The van der Waals surface area contributed by atoms with Crippen LogP contribution in [-0.4, -0.2) is 45.8 Å². The van der Waals surface area contributed by atoms with Gasteiger partial charge in [-0.3, -0.25) is 4.79 Å². The number of carbonyl (C=O) groups excluding carboxylic acids is 1. The van der Waals surface area contributed by atoms with E-state index in [-0.39, 0.29) is 17.4 Å². The number of benzene rings is 2. The van der Waals surface area contributed by atoms with E-state index in [2.05, 4.69) is 28.3 Å². The van der Waals surface area contributed by atoms with Crippen molar-refractivity contribution < 1.29 is 27.9 Å². The van der Waals surface area contributed by atoms with Gasteiger partial charge < -0.3 is 19.7 Å². The molecule has 7 heteroatoms. The standard InChI is InChI=1S/C23H26F2N2O3/c1-29-21-15-17(7-8-20(21)30-23(24)25)9-12-26-22(28)16-27-13-10-19(11-14-27)18-5-3-2-4-6-18/h2-8,10,15,23H,9,11-14,16H2,1H3,(H,26,28)/p+1. The van der Waals surface area contributed by atoms with Crippen LogP contribution in [0.25, 0.3) is 5.57 Å². The second-order valence-electron chi connectivity index (χ2n) is 7.19. The average Bonchev–Trinajstić information content (AvgIpc) is 2.75. The van der Waals surface area contributed by atoms with Gasteiger partial charge in [0.1, 0.15) is 0 Å². The third-order valence-electron chi connectivity index (χ3n) is 5.12. The first-order valence-corrected chi connectivity index (χ1v) is 10.0. The number of amides is 1. The van der Waals surface area contributed by atoms with E-state index in [1.165, 1.54) is 29.2 Å². The van der Waals surface area contributed by atoms with Gasteiger partial charge >= 0.3 is 6.61 Å². The van der Waals surface area contributed by atoms with E-state index in [9.17, 15) is 13.6 Å². The number of alkyl halides is 2. The summed E-state index contributed by atoms with van der Waals surface area (Å²) >= 11 is 0. The van der Waals surface area contributed by atoms with Crippen molar-refractivity contribution in [2.75, 3.05) is 33.3 Å². The predicted octanol–water partition coefficient (Wildman–Crippen LogP) is 2.33. The molecular weight excluding hydrogens is 390 g/mol. The molecule has 3 rings (SSSR count). The average molecular weight is 417 g/mol. The minimum atomic E-state index is -2.90. The molecule has 2 N–H and O–H groups in total. The lowest BCUT2D eigenvalue weighted by Gasteiger charge is -2.23. The maximum Gasteiger partial charge on any atom is 0.387 e. The highest BCUT2D eigenvalue weighted by molar-refractivity contribution is 5.77. The summed E-state index contributed by atoms with van der Waals surface area (Å²) in [6.07, 6.45) is 3.75. The number of halogens is 2. The fraction of sp³-hybridized carbons (Fsp3) is 0.348. The van der Waals surface area contributed by atoms with Crippen LogP contribution in [0.5, 0.6) is 11.5 Å². The maximum atomic E-state index is 12.4. The number of carbonyl (C=O) groups is 1. The lowest BCUT2D eigenvalue weighted by Crippen LogP contribution is -3.13. The van der Waals surface area contributed by atoms with Crippen LogP contribution >= 0.6 is 0 Å². The Kier molecular flexibility index (Phi) is 7.79. The van der Waals surface area contributed by atoms with Crippen LogP contribution in [0.3, 0.4) is 0 Å². The topological polar surface area (TPSA) is 52.0 Å². The Morgan fingerprint density at radius 2 is 1.97 bits per heavy atom. The molecule has 0 bridgehead atoms. The summed E-state index contributed by atoms with van der Waals surface area (Å²) in [7, 11) is 1.40. The Balaban J connectivity index is 1.43. The molecule has 0 radical (unpaired) electrons. The molecular formula is C23H27F2N2O3+. The molecule has 30 heavy (non-hydrogen) atoms. The number of hydrogen-bond acceptors (Lipinski definition) is 3. The Hall–Kier alpha value is -2.93. The Bertz CT molecular complexity index is 872. The van der Waals surface area contributed by atoms with Gasteiger partial charge in [-0.2, -0.15) is 8.78 Å². The quantitative estimate of drug-likeness (QED) is 0.659. The number of methoxy groups -OCH3 is 1. The SMILES string of the molecule is COc1cc(CCNC(=O)C[NH+]2CC=C(c3ccccc3)CC2)ccc1OC(F)F. The fourth-order valence-corrected chi connectivity index (χ4v) is 3.55. The van der Waals surface area contributed by atoms with Gasteiger partial charge in [0, 0.05) is 13.0 Å². The highest BCUT2D eigenvalue weighted by Gasteiger charge is 2.18. The highest BCUT2D eigenvalue weighted by atomic mass is 19.3. The van der Waals surface area contributed by atoms with Crippen LogP contribution in [-0.2, 0) is 11.2 Å². The maximum absolute atomic E-state index is 12.4. The van der Waals surface area contributed by atoms with Gasteiger partial charge in [-0.05, 0) is 41.3 Å². The molecule has 1 amide bonds. The minimum absolute atomic E-state index is 0.00286. The third-order valence-corrected chi connectivity index (χ3v) is 5.12. The predicted molar refractivity (Wildman–Crippen MR) is 111 cm³/mol. The van der Waals surface area contributed by atoms with E-state index in [4.69, 9.17) is 4.74 Å². The second kappa shape index (κ2) is 10.7. The molecule has 1 atom stereocenters. The monoisotopic (exact) mass is 417 g/mol. The van der Waals surface area contributed by atoms with Crippen molar-refractivity contribution in [3.8, 4) is 11.5 Å². The van der Waals surface area contributed by atoms with Crippen LogP contribution in [0.2, 0.25) is 0 Å². The number of nitrogens with one attached hydrogen (secondary N) is 2. The van der Waals surface area contributed by atoms with Gasteiger partial charge in [0.15, 0.2) is 18.0 Å². The van der Waals surface area contributed by atoms with Crippen molar-refractivity contribution in [2.24, 2.45) is 0 Å². The third kappa shape index (κ3) is 6.29. The normalized spacial score (nSPS) is 16.1. The zero-order valence-corrected chi connectivity index (χ0v) is 17.0. The Morgan fingerprint density at radius 1 is 1.17 bits per heavy atom. The summed E-state index contributed by atoms with van der Waals surface area (Å²) < 4.78 is 34.3. The van der Waals surface area contributed by atoms with Crippen molar-refractivity contribution in [3.05, 3.63) is 65.7 Å². The molecule has 1 aliphatic heterocycles. The molecule has 2 aromatic carbocycles. The lowest BCUT2D eigenvalue weighted by molar-refractivity contribution is -0.886. The van der Waals surface area contributed by atoms with E-state index >= 15 is 0 Å². The summed E-state index contributed by atoms with van der Waals surface area (Å²) in [4.78, 5) is 13.5. The molecule has 0 aliphatic carbocycles. The summed E-state index contributed by atoms with van der Waals surface area (Å²) in [5, 5.41) is 2.93. The molecule has 1 heterocycles. The van der Waals surface area contributed by atoms with Crippen LogP contribution < -0.4 is 19.7 Å². The van der Waals surface area contributed by atoms with Crippen LogP contribution in [0.4, 0.5) is 8.78 Å². The van der Waals surface area contributed by atoms with E-state index in [1.807, 2.05) is 18.2 Å². The molecule has 0 aromatic heterocycles. The van der Waals surface area contributed by atoms with Gasteiger partial charge in [0.05, 0.1) is 20.2 Å². The Labute approximate surface area is 175 Å². The number of ether oxygens (including phenoxy) is 2. The number of quaternary nitrogens is 1. The number of rotatable bonds is 9. The summed E-state index contributed by atoms with van der Waals surface area (Å²) in [5.74, 6) is 0.251. The first kappa shape index (κ1) is 21.8. The van der Waals surface area contributed by atoms with Gasteiger partial charge in [-0.15, -0.1) is 0 Å². The van der Waals surface area contributed by atoms with E-state index in [0.717, 1.165) is 25.1 Å². The largest absolute Gasteiger partial charge is 0.493 e. The van der Waals surface area contributed by atoms with Gasteiger partial charge in [-0.1, -0.05) is 36.4 Å². The van der Waals surface area contributed by atoms with Gasteiger partial charge in [0.2, 0.25) is 0 Å². The highest BCUT2D eigenvalue weighted by Crippen LogP contribution is 2.29. The molecule has 160 valence electrons. The van der Waals surface area contributed by atoms with Crippen molar-refractivity contribution in [2.45, 2.75) is 19.5 Å². The van der Waals surface area contributed by atoms with Crippen LogP contribution in [0, 0.1) is 0 Å². The summed E-state index contributed by atoms with van der Waals surface area (Å²) in [6.45, 7) is -0.240. The molecule has 0 spiro atoms. The zero-order valence-electron chi connectivity index (χ0n) is 17.0. The second-order valence-corrected chi connectivity index (χ2v) is 7.19. The van der Waals surface area contributed by atoms with Crippen LogP contribution in [0.1, 0.15) is 17.5 Å². The summed E-state index contributed by atoms with van der Waals surface area (Å²) in [6, 6.07) is 15.1. The van der Waals surface area contributed by atoms with Crippen molar-refractivity contribution in [3.63, 3.8) is 0 Å². The molecule has 0 fully saturated rings. The van der Waals surface area contributed by atoms with Gasteiger partial charge in [0.25, 0.3) is 5.91 Å². The smallest absolute Gasteiger partial charge is 0.387 e. The lowest BCUT2D eigenvalue weighted by atomic mass is 10.00. The van der Waals surface area contributed by atoms with Crippen molar-refractivity contribution in [1.82, 2.24) is 5.32 Å². The molecule has 5 nitrogen and oxygen atoms in total. The molecule has 2 aromatic rings. The van der Waals surface area contributed by atoms with E-state index in [1.54, 1.807) is 12.1 Å². The van der Waals surface area contributed by atoms with Gasteiger partial charge in [-0.25, -0.2) is 0 Å². The number of hydrogen-bond donors (Lipinski definition) is 2. The minimum Gasteiger partial charge on any atom is -0.493 e. The van der Waals surface area contributed by atoms with E-state index < -0.39 is 6.61 Å². The summed E-state index contributed by atoms with van der Waals surface area (Å²) in [5.41, 5.74) is 3.46. The first-order chi connectivity index (χ1) is 14.5. The Morgan fingerprint density at radius 3 is 2.63 bits per heavy atom. The molecule has 0 saturated carbocycles. The van der Waals surface area contributed by atoms with Crippen molar-refractivity contribution in [1.29, 1.82) is 0 Å². The van der Waals surface area contributed by atoms with Crippen molar-refractivity contribution >= 4 is 11.5 Å². The fourth-order valence-electron chi connectivity index (χ4n) is 3.55. The molecule has 1 unspecified atom stereocenters. The molecule has 0 saturated heterocycles. The zero-order chi connectivity index (χ0) is 21.3. The molecule has 1 aliphatic rings. The van der Waals surface area contributed by atoms with E-state index in [0.29, 0.717) is 19.5 Å².